The molecule has 3 aromatic carbocycles. The molecule has 0 spiro atoms. The highest BCUT2D eigenvalue weighted by Crippen LogP contribution is 2.40. The van der Waals surface area contributed by atoms with Crippen molar-refractivity contribution in [2.75, 3.05) is 0 Å². The maximum Gasteiger partial charge on any atom is 0.336 e. The van der Waals surface area contributed by atoms with Crippen LogP contribution in [0, 0.1) is 11.8 Å². The van der Waals surface area contributed by atoms with Crippen molar-refractivity contribution in [1.29, 1.82) is 0 Å². The van der Waals surface area contributed by atoms with E-state index in [2.05, 4.69) is 50.3 Å². The normalized spacial score (nSPS) is 19.7. The minimum absolute atomic E-state index is 0.298. The molecule has 0 fully saturated rings. The van der Waals surface area contributed by atoms with E-state index in [1.807, 2.05) is 48.5 Å². The molecule has 2 aliphatic carbocycles. The lowest BCUT2D eigenvalue weighted by atomic mass is 9.80. The Morgan fingerprint density at radius 3 is 1.39 bits per heavy atom. The molecule has 2 aromatic heterocycles. The van der Waals surface area contributed by atoms with Crippen LogP contribution in [0.2, 0.25) is 0 Å². The van der Waals surface area contributed by atoms with Gasteiger partial charge in [-0.1, -0.05) is 74.5 Å². The number of allylic oxidation sites excluding steroid dienone is 2. The third-order valence-corrected chi connectivity index (χ3v) is 8.88. The first-order valence-corrected chi connectivity index (χ1v) is 15.1. The van der Waals surface area contributed by atoms with Crippen LogP contribution in [0.5, 0.6) is 0 Å². The van der Waals surface area contributed by atoms with E-state index in [9.17, 15) is 19.8 Å². The first kappa shape index (κ1) is 27.7. The molecule has 0 unspecified atom stereocenters. The largest absolute Gasteiger partial charge is 0.478 e. The lowest BCUT2D eigenvalue weighted by molar-refractivity contribution is 0.0686. The second kappa shape index (κ2) is 10.9. The highest BCUT2D eigenvalue weighted by atomic mass is 16.4. The second-order valence-electron chi connectivity index (χ2n) is 12.3. The predicted molar refractivity (Wildman–Crippen MR) is 175 cm³/mol. The maximum atomic E-state index is 12.4. The Kier molecular flexibility index (Phi) is 6.85. The van der Waals surface area contributed by atoms with Crippen LogP contribution < -0.4 is 0 Å². The van der Waals surface area contributed by atoms with Gasteiger partial charge in [0.2, 0.25) is 0 Å². The Bertz CT molecular complexity index is 1910. The smallest absolute Gasteiger partial charge is 0.336 e. The van der Waals surface area contributed by atoms with Gasteiger partial charge in [-0.3, -0.25) is 0 Å². The summed E-state index contributed by atoms with van der Waals surface area (Å²) in [6.07, 6.45) is 7.27. The topological polar surface area (TPSA) is 100 Å². The fourth-order valence-electron chi connectivity index (χ4n) is 7.05. The summed E-state index contributed by atoms with van der Waals surface area (Å²) in [6.45, 7) is 4.31. The van der Waals surface area contributed by atoms with Crippen LogP contribution in [-0.2, 0) is 12.8 Å². The van der Waals surface area contributed by atoms with Gasteiger partial charge in [0.1, 0.15) is 0 Å². The fraction of sp³-hybridized carbons (Fsp3) is 0.211. The zero-order chi connectivity index (χ0) is 30.5. The zero-order valence-electron chi connectivity index (χ0n) is 24.7. The number of carbonyl (C=O) groups is 2. The van der Waals surface area contributed by atoms with E-state index < -0.39 is 11.9 Å². The number of para-hydroxylation sites is 2. The van der Waals surface area contributed by atoms with Crippen LogP contribution in [0.25, 0.3) is 45.1 Å². The molecule has 44 heavy (non-hydrogen) atoms. The molecule has 2 heterocycles. The van der Waals surface area contributed by atoms with Crippen LogP contribution in [0.3, 0.4) is 0 Å². The Labute approximate surface area is 255 Å². The summed E-state index contributed by atoms with van der Waals surface area (Å²) in [6, 6.07) is 23.2. The van der Waals surface area contributed by atoms with Crippen LogP contribution in [-0.4, -0.2) is 32.1 Å². The number of benzene rings is 3. The fourth-order valence-corrected chi connectivity index (χ4v) is 7.05. The highest BCUT2D eigenvalue weighted by Gasteiger charge is 2.29. The van der Waals surface area contributed by atoms with Crippen molar-refractivity contribution in [3.8, 4) is 0 Å². The lowest BCUT2D eigenvalue weighted by Gasteiger charge is -2.26. The van der Waals surface area contributed by atoms with Crippen LogP contribution in [0.1, 0.15) is 81.0 Å². The van der Waals surface area contributed by atoms with Crippen molar-refractivity contribution in [2.45, 2.75) is 39.5 Å². The van der Waals surface area contributed by atoms with Crippen molar-refractivity contribution in [3.05, 3.63) is 118 Å². The van der Waals surface area contributed by atoms with Gasteiger partial charge in [0, 0.05) is 10.8 Å². The van der Waals surface area contributed by atoms with E-state index in [0.717, 1.165) is 57.6 Å². The molecule has 5 aromatic rings. The average molecular weight is 581 g/mol. The standard InChI is InChI=1S/C38H32N2O4/c1-21-15-25(35-29(17-21)33(37(41)42)27-7-3-5-9-31(27)39-35)19-23-11-13-24(14-12-23)20-26-16-22(2)18-30-34(38(43)44)28-8-4-6-10-32(28)40-36(26)30/h3-14,19-22H,15-18H2,1-2H3,(H,41,42)(H,43,44)/b25-19-,26-20+/t21-,22-/m1/s1. The average Bonchev–Trinajstić information content (AvgIpc) is 2.99. The minimum Gasteiger partial charge on any atom is -0.478 e. The molecule has 0 radical (unpaired) electrons. The summed E-state index contributed by atoms with van der Waals surface area (Å²) in [4.78, 5) is 34.7. The molecule has 2 aliphatic rings. The number of aromatic carboxylic acids is 2. The van der Waals surface area contributed by atoms with Gasteiger partial charge in [0.15, 0.2) is 0 Å². The summed E-state index contributed by atoms with van der Waals surface area (Å²) >= 11 is 0. The van der Waals surface area contributed by atoms with Gasteiger partial charge in [0.05, 0.1) is 33.5 Å². The van der Waals surface area contributed by atoms with Crippen LogP contribution >= 0.6 is 0 Å². The summed E-state index contributed by atoms with van der Waals surface area (Å²) < 4.78 is 0. The Balaban J connectivity index is 1.28. The molecule has 0 saturated carbocycles. The van der Waals surface area contributed by atoms with E-state index in [1.54, 1.807) is 0 Å². The van der Waals surface area contributed by atoms with Gasteiger partial charge in [-0.25, -0.2) is 19.6 Å². The maximum absolute atomic E-state index is 12.4. The van der Waals surface area contributed by atoms with Crippen LogP contribution in [0.4, 0.5) is 0 Å². The van der Waals surface area contributed by atoms with Crippen molar-refractivity contribution < 1.29 is 19.8 Å². The molecular formula is C38H32N2O4. The van der Waals surface area contributed by atoms with Gasteiger partial charge in [0.25, 0.3) is 0 Å². The molecule has 6 nitrogen and oxygen atoms in total. The van der Waals surface area contributed by atoms with E-state index in [1.165, 1.54) is 0 Å². The van der Waals surface area contributed by atoms with E-state index >= 15 is 0 Å². The summed E-state index contributed by atoms with van der Waals surface area (Å²) in [5.74, 6) is -1.23. The summed E-state index contributed by atoms with van der Waals surface area (Å²) in [7, 11) is 0. The molecule has 0 amide bonds. The number of hydrogen-bond acceptors (Lipinski definition) is 4. The van der Waals surface area contributed by atoms with Gasteiger partial charge >= 0.3 is 11.9 Å². The number of pyridine rings is 2. The van der Waals surface area contributed by atoms with Crippen molar-refractivity contribution in [2.24, 2.45) is 11.8 Å². The van der Waals surface area contributed by atoms with Crippen molar-refractivity contribution >= 4 is 57.0 Å². The summed E-state index contributed by atoms with van der Waals surface area (Å²) in [5, 5.41) is 21.7. The first-order chi connectivity index (χ1) is 21.3. The SMILES string of the molecule is C[C@@H]1C/C(=C/c2ccc(/C=C3\C[C@@H](C)Cc4c3nc3ccccc3c4C(=O)O)cc2)c2nc3ccccc3c(C(=O)O)c2C1. The number of hydrogen-bond donors (Lipinski definition) is 2. The molecular weight excluding hydrogens is 548 g/mol. The van der Waals surface area contributed by atoms with Gasteiger partial charge < -0.3 is 10.2 Å². The van der Waals surface area contributed by atoms with Crippen LogP contribution in [0.15, 0.2) is 72.8 Å². The first-order valence-electron chi connectivity index (χ1n) is 15.1. The van der Waals surface area contributed by atoms with E-state index in [0.29, 0.717) is 57.6 Å². The number of rotatable bonds is 4. The second-order valence-corrected chi connectivity index (χ2v) is 12.3. The Morgan fingerprint density at radius 1 is 0.614 bits per heavy atom. The quantitative estimate of drug-likeness (QED) is 0.221. The van der Waals surface area contributed by atoms with Crippen molar-refractivity contribution in [3.63, 3.8) is 0 Å². The van der Waals surface area contributed by atoms with Gasteiger partial charge in [-0.15, -0.1) is 0 Å². The lowest BCUT2D eigenvalue weighted by Crippen LogP contribution is -2.17. The molecule has 0 bridgehead atoms. The highest BCUT2D eigenvalue weighted by molar-refractivity contribution is 6.07. The molecule has 2 atom stereocenters. The zero-order valence-corrected chi connectivity index (χ0v) is 24.7. The molecule has 7 rings (SSSR count). The summed E-state index contributed by atoms with van der Waals surface area (Å²) in [5.41, 5.74) is 9.43. The number of carboxylic acid groups (broad SMARTS) is 2. The van der Waals surface area contributed by atoms with Crippen molar-refractivity contribution in [1.82, 2.24) is 9.97 Å². The van der Waals surface area contributed by atoms with Gasteiger partial charge in [-0.2, -0.15) is 0 Å². The van der Waals surface area contributed by atoms with E-state index in [4.69, 9.17) is 9.97 Å². The number of aromatic nitrogens is 2. The monoisotopic (exact) mass is 580 g/mol. The third kappa shape index (κ3) is 4.86. The molecule has 2 N–H and O–H groups in total. The Hall–Kier alpha value is -5.10. The Morgan fingerprint density at radius 2 is 1.00 bits per heavy atom. The number of nitrogens with zero attached hydrogens (tertiary/aromatic N) is 2. The number of carboxylic acids is 2. The molecule has 218 valence electrons. The molecule has 6 heteroatoms. The number of fused-ring (bicyclic) bond motifs is 4. The van der Waals surface area contributed by atoms with Gasteiger partial charge in [-0.05, 0) is 95.2 Å². The third-order valence-electron chi connectivity index (χ3n) is 8.88. The minimum atomic E-state index is -0.915. The van der Waals surface area contributed by atoms with E-state index in [-0.39, 0.29) is 0 Å². The predicted octanol–water partition coefficient (Wildman–Crippen LogP) is 8.43. The molecule has 0 aliphatic heterocycles. The molecule has 0 saturated heterocycles.